The second-order valence-electron chi connectivity index (χ2n) is 3.69. The van der Waals surface area contributed by atoms with Crippen molar-refractivity contribution in [1.29, 1.82) is 0 Å². The van der Waals surface area contributed by atoms with Crippen molar-refractivity contribution in [2.75, 3.05) is 5.73 Å². The van der Waals surface area contributed by atoms with Crippen molar-refractivity contribution >= 4 is 34.7 Å². The molecular formula is C13H8Cl2FNO. The maximum Gasteiger partial charge on any atom is 0.197 e. The minimum absolute atomic E-state index is 0.112. The summed E-state index contributed by atoms with van der Waals surface area (Å²) in [5, 5.41) is 0.582. The van der Waals surface area contributed by atoms with Gasteiger partial charge in [-0.2, -0.15) is 0 Å². The molecule has 2 aromatic rings. The molecule has 0 heterocycles. The molecule has 0 aliphatic heterocycles. The molecule has 92 valence electrons. The van der Waals surface area contributed by atoms with Crippen LogP contribution in [0.15, 0.2) is 36.4 Å². The van der Waals surface area contributed by atoms with E-state index in [4.69, 9.17) is 28.9 Å². The lowest BCUT2D eigenvalue weighted by molar-refractivity contribution is 0.103. The molecule has 0 radical (unpaired) electrons. The van der Waals surface area contributed by atoms with Gasteiger partial charge in [-0.3, -0.25) is 4.79 Å². The molecular weight excluding hydrogens is 276 g/mol. The van der Waals surface area contributed by atoms with Gasteiger partial charge in [0.15, 0.2) is 5.78 Å². The van der Waals surface area contributed by atoms with Crippen LogP contribution in [0.3, 0.4) is 0 Å². The van der Waals surface area contributed by atoms with E-state index in [1.807, 2.05) is 0 Å². The second-order valence-corrected chi connectivity index (χ2v) is 4.54. The van der Waals surface area contributed by atoms with Crippen LogP contribution in [0.25, 0.3) is 0 Å². The molecule has 5 heteroatoms. The maximum absolute atomic E-state index is 13.6. The van der Waals surface area contributed by atoms with Gasteiger partial charge >= 0.3 is 0 Å². The molecule has 0 saturated heterocycles. The zero-order valence-corrected chi connectivity index (χ0v) is 10.6. The van der Waals surface area contributed by atoms with Gasteiger partial charge in [0.2, 0.25) is 0 Å². The predicted molar refractivity (Wildman–Crippen MR) is 70.7 cm³/mol. The highest BCUT2D eigenvalue weighted by Gasteiger charge is 2.17. The fourth-order valence-electron chi connectivity index (χ4n) is 1.54. The van der Waals surface area contributed by atoms with Crippen LogP contribution in [0.1, 0.15) is 15.9 Å². The normalized spacial score (nSPS) is 10.4. The summed E-state index contributed by atoms with van der Waals surface area (Å²) in [6.07, 6.45) is 0. The van der Waals surface area contributed by atoms with Crippen molar-refractivity contribution in [3.8, 4) is 0 Å². The van der Waals surface area contributed by atoms with E-state index in [0.29, 0.717) is 10.7 Å². The van der Waals surface area contributed by atoms with Crippen molar-refractivity contribution in [2.45, 2.75) is 0 Å². The zero-order valence-electron chi connectivity index (χ0n) is 9.08. The Bertz CT molecular complexity index is 628. The highest BCUT2D eigenvalue weighted by atomic mass is 35.5. The number of hydrogen-bond donors (Lipinski definition) is 1. The Kier molecular flexibility index (Phi) is 3.55. The number of anilines is 1. The van der Waals surface area contributed by atoms with Crippen molar-refractivity contribution in [2.24, 2.45) is 0 Å². The van der Waals surface area contributed by atoms with Crippen LogP contribution < -0.4 is 5.73 Å². The number of nitrogens with two attached hydrogens (primary N) is 1. The number of nitrogen functional groups attached to an aromatic ring is 1. The molecule has 2 aromatic carbocycles. The molecule has 2 N–H and O–H groups in total. The van der Waals surface area contributed by atoms with E-state index in [1.54, 1.807) is 0 Å². The van der Waals surface area contributed by atoms with E-state index in [-0.39, 0.29) is 16.1 Å². The summed E-state index contributed by atoms with van der Waals surface area (Å²) in [6, 6.07) is 8.21. The molecule has 0 bridgehead atoms. The Balaban J connectivity index is 2.51. The Labute approximate surface area is 113 Å². The van der Waals surface area contributed by atoms with E-state index in [1.165, 1.54) is 30.3 Å². The summed E-state index contributed by atoms with van der Waals surface area (Å²) in [6.45, 7) is 0. The first-order valence-electron chi connectivity index (χ1n) is 5.04. The average molecular weight is 284 g/mol. The van der Waals surface area contributed by atoms with E-state index < -0.39 is 11.6 Å². The molecule has 2 rings (SSSR count). The lowest BCUT2D eigenvalue weighted by Gasteiger charge is -2.06. The summed E-state index contributed by atoms with van der Waals surface area (Å²) >= 11 is 11.6. The topological polar surface area (TPSA) is 43.1 Å². The highest BCUT2D eigenvalue weighted by molar-refractivity contribution is 6.37. The molecule has 0 spiro atoms. The fourth-order valence-corrected chi connectivity index (χ4v) is 2.03. The first kappa shape index (κ1) is 12.9. The Morgan fingerprint density at radius 1 is 1.06 bits per heavy atom. The van der Waals surface area contributed by atoms with E-state index in [0.717, 1.165) is 6.07 Å². The molecule has 0 amide bonds. The third-order valence-electron chi connectivity index (χ3n) is 2.41. The van der Waals surface area contributed by atoms with Gasteiger partial charge in [-0.05, 0) is 36.4 Å². The SMILES string of the molecule is Nc1ccc(F)c(C(=O)c2ccc(Cl)cc2Cl)c1. The lowest BCUT2D eigenvalue weighted by atomic mass is 10.0. The minimum atomic E-state index is -0.639. The molecule has 0 aromatic heterocycles. The van der Waals surface area contributed by atoms with Gasteiger partial charge in [0, 0.05) is 16.3 Å². The summed E-state index contributed by atoms with van der Waals surface area (Å²) in [7, 11) is 0. The van der Waals surface area contributed by atoms with Crippen LogP contribution in [0.2, 0.25) is 10.0 Å². The Morgan fingerprint density at radius 2 is 1.78 bits per heavy atom. The number of carbonyl (C=O) groups is 1. The number of benzene rings is 2. The number of carbonyl (C=O) groups excluding carboxylic acids is 1. The zero-order chi connectivity index (χ0) is 13.3. The van der Waals surface area contributed by atoms with E-state index in [9.17, 15) is 9.18 Å². The van der Waals surface area contributed by atoms with E-state index in [2.05, 4.69) is 0 Å². The van der Waals surface area contributed by atoms with Crippen molar-refractivity contribution < 1.29 is 9.18 Å². The van der Waals surface area contributed by atoms with Gasteiger partial charge in [0.05, 0.1) is 10.6 Å². The van der Waals surface area contributed by atoms with Crippen LogP contribution in [-0.2, 0) is 0 Å². The van der Waals surface area contributed by atoms with Crippen LogP contribution in [0.5, 0.6) is 0 Å². The van der Waals surface area contributed by atoms with Crippen molar-refractivity contribution in [1.82, 2.24) is 0 Å². The molecule has 18 heavy (non-hydrogen) atoms. The van der Waals surface area contributed by atoms with Crippen LogP contribution in [0.4, 0.5) is 10.1 Å². The molecule has 0 fully saturated rings. The lowest BCUT2D eigenvalue weighted by Crippen LogP contribution is -2.06. The first-order valence-corrected chi connectivity index (χ1v) is 5.79. The molecule has 0 unspecified atom stereocenters. The Morgan fingerprint density at radius 3 is 2.44 bits per heavy atom. The molecule has 0 saturated carbocycles. The third kappa shape index (κ3) is 2.47. The van der Waals surface area contributed by atoms with E-state index >= 15 is 0 Å². The summed E-state index contributed by atoms with van der Waals surface area (Å²) < 4.78 is 13.6. The minimum Gasteiger partial charge on any atom is -0.399 e. The second kappa shape index (κ2) is 4.96. The largest absolute Gasteiger partial charge is 0.399 e. The number of hydrogen-bond acceptors (Lipinski definition) is 2. The molecule has 0 aliphatic rings. The summed E-state index contributed by atoms with van der Waals surface area (Å²) in [5.41, 5.74) is 5.92. The van der Waals surface area contributed by atoms with Crippen LogP contribution >= 0.6 is 23.2 Å². The highest BCUT2D eigenvalue weighted by Crippen LogP contribution is 2.25. The van der Waals surface area contributed by atoms with Gasteiger partial charge < -0.3 is 5.73 Å². The van der Waals surface area contributed by atoms with Gasteiger partial charge in [0.1, 0.15) is 5.82 Å². The van der Waals surface area contributed by atoms with Crippen molar-refractivity contribution in [3.63, 3.8) is 0 Å². The predicted octanol–water partition coefficient (Wildman–Crippen LogP) is 3.95. The smallest absolute Gasteiger partial charge is 0.197 e. The molecule has 2 nitrogen and oxygen atoms in total. The van der Waals surface area contributed by atoms with Gasteiger partial charge in [0.25, 0.3) is 0 Å². The first-order chi connectivity index (χ1) is 8.49. The van der Waals surface area contributed by atoms with Gasteiger partial charge in [-0.25, -0.2) is 4.39 Å². The van der Waals surface area contributed by atoms with Gasteiger partial charge in [-0.15, -0.1) is 0 Å². The van der Waals surface area contributed by atoms with Crippen LogP contribution in [0, 0.1) is 5.82 Å². The summed E-state index contributed by atoms with van der Waals surface area (Å²) in [4.78, 5) is 12.1. The standard InChI is InChI=1S/C13H8Cl2FNO/c14-7-1-3-9(11(15)5-7)13(18)10-6-8(17)2-4-12(10)16/h1-6H,17H2. The average Bonchev–Trinajstić information content (AvgIpc) is 2.31. The monoisotopic (exact) mass is 283 g/mol. The maximum atomic E-state index is 13.6. The number of ketones is 1. The van der Waals surface area contributed by atoms with Crippen LogP contribution in [-0.4, -0.2) is 5.78 Å². The Hall–Kier alpha value is -1.58. The molecule has 0 atom stereocenters. The number of rotatable bonds is 2. The quantitative estimate of drug-likeness (QED) is 0.670. The summed E-state index contributed by atoms with van der Waals surface area (Å²) in [5.74, 6) is -1.17. The third-order valence-corrected chi connectivity index (χ3v) is 2.96. The number of halogens is 3. The van der Waals surface area contributed by atoms with Gasteiger partial charge in [-0.1, -0.05) is 23.2 Å². The molecule has 0 aliphatic carbocycles. The fraction of sp³-hybridized carbons (Fsp3) is 0. The van der Waals surface area contributed by atoms with Crippen molar-refractivity contribution in [3.05, 3.63) is 63.4 Å².